The molecule has 0 aromatic heterocycles. The second kappa shape index (κ2) is 9.27. The van der Waals surface area contributed by atoms with Crippen LogP contribution in [0.4, 0.5) is 0 Å². The zero-order chi connectivity index (χ0) is 16.9. The Morgan fingerprint density at radius 3 is 2.72 bits per heavy atom. The molecular weight excluding hydrogens is 365 g/mol. The molecule has 2 aliphatic heterocycles. The van der Waals surface area contributed by atoms with Gasteiger partial charge in [0.05, 0.1) is 17.5 Å². The van der Waals surface area contributed by atoms with E-state index in [4.69, 9.17) is 16.3 Å². The first-order valence-electron chi connectivity index (χ1n) is 8.30. The maximum atomic E-state index is 12.5. The van der Waals surface area contributed by atoms with Crippen molar-refractivity contribution in [1.82, 2.24) is 15.1 Å². The number of ether oxygens (including phenoxy) is 1. The second-order valence-electron chi connectivity index (χ2n) is 6.09. The molecule has 0 aliphatic carbocycles. The van der Waals surface area contributed by atoms with E-state index in [-0.39, 0.29) is 30.1 Å². The third-order valence-electron chi connectivity index (χ3n) is 4.45. The molecule has 2 heterocycles. The van der Waals surface area contributed by atoms with Crippen LogP contribution in [0.1, 0.15) is 6.42 Å². The summed E-state index contributed by atoms with van der Waals surface area (Å²) in [6.45, 7) is 4.40. The van der Waals surface area contributed by atoms with Crippen LogP contribution in [0.25, 0.3) is 0 Å². The number of carbonyl (C=O) groups is 2. The molecule has 6 nitrogen and oxygen atoms in total. The lowest BCUT2D eigenvalue weighted by Crippen LogP contribution is -2.48. The summed E-state index contributed by atoms with van der Waals surface area (Å²) in [5.41, 5.74) is 0. The smallest absolute Gasteiger partial charge is 0.228 e. The standard InChI is InChI=1S/C17H22ClN3O3.ClH/c18-14-3-1-2-4-15(14)24-10-9-21-12-13(11-16(21)22)17(23)20-7-5-19-6-8-20;/h1-4,13,19H,5-12H2;1H. The van der Waals surface area contributed by atoms with E-state index in [0.29, 0.717) is 36.9 Å². The Hall–Kier alpha value is -1.50. The van der Waals surface area contributed by atoms with Crippen molar-refractivity contribution in [2.24, 2.45) is 5.92 Å². The summed E-state index contributed by atoms with van der Waals surface area (Å²) in [4.78, 5) is 28.2. The summed E-state index contributed by atoms with van der Waals surface area (Å²) >= 11 is 6.04. The number of benzene rings is 1. The van der Waals surface area contributed by atoms with Gasteiger partial charge in [0.25, 0.3) is 0 Å². The van der Waals surface area contributed by atoms with Crippen LogP contribution < -0.4 is 10.1 Å². The molecule has 2 saturated heterocycles. The van der Waals surface area contributed by atoms with Crippen LogP contribution in [0.3, 0.4) is 0 Å². The van der Waals surface area contributed by atoms with Crippen molar-refractivity contribution in [3.63, 3.8) is 0 Å². The number of nitrogens with zero attached hydrogens (tertiary/aromatic N) is 2. The Labute approximate surface area is 158 Å². The highest BCUT2D eigenvalue weighted by Gasteiger charge is 2.36. The predicted molar refractivity (Wildman–Crippen MR) is 98.3 cm³/mol. The fourth-order valence-corrected chi connectivity index (χ4v) is 3.31. The van der Waals surface area contributed by atoms with Crippen LogP contribution in [0.2, 0.25) is 5.02 Å². The zero-order valence-corrected chi connectivity index (χ0v) is 15.5. The molecule has 0 saturated carbocycles. The lowest BCUT2D eigenvalue weighted by molar-refractivity contribution is -0.136. The van der Waals surface area contributed by atoms with Gasteiger partial charge in [-0.2, -0.15) is 0 Å². The number of carbonyl (C=O) groups excluding carboxylic acids is 2. The molecule has 1 N–H and O–H groups in total. The SMILES string of the molecule is Cl.O=C1CC(C(=O)N2CCNCC2)CN1CCOc1ccccc1Cl. The van der Waals surface area contributed by atoms with E-state index >= 15 is 0 Å². The highest BCUT2D eigenvalue weighted by atomic mass is 35.5. The molecule has 2 amide bonds. The fourth-order valence-electron chi connectivity index (χ4n) is 3.12. The molecule has 1 aromatic rings. The first-order chi connectivity index (χ1) is 11.6. The molecule has 0 bridgehead atoms. The first kappa shape index (κ1) is 19.8. The van der Waals surface area contributed by atoms with Crippen LogP contribution in [-0.2, 0) is 9.59 Å². The van der Waals surface area contributed by atoms with Crippen molar-refractivity contribution in [3.8, 4) is 5.75 Å². The van der Waals surface area contributed by atoms with Gasteiger partial charge in [-0.1, -0.05) is 23.7 Å². The molecule has 138 valence electrons. The first-order valence-corrected chi connectivity index (χ1v) is 8.67. The molecule has 1 atom stereocenters. The van der Waals surface area contributed by atoms with Crippen LogP contribution >= 0.6 is 24.0 Å². The van der Waals surface area contributed by atoms with E-state index in [1.807, 2.05) is 17.0 Å². The van der Waals surface area contributed by atoms with Gasteiger partial charge in [-0.05, 0) is 12.1 Å². The van der Waals surface area contributed by atoms with Gasteiger partial charge in [-0.15, -0.1) is 12.4 Å². The van der Waals surface area contributed by atoms with E-state index in [1.165, 1.54) is 0 Å². The summed E-state index contributed by atoms with van der Waals surface area (Å²) in [7, 11) is 0. The number of hydrogen-bond acceptors (Lipinski definition) is 4. The van der Waals surface area contributed by atoms with Gasteiger partial charge in [0, 0.05) is 39.1 Å². The number of halogens is 2. The molecule has 0 radical (unpaired) electrons. The predicted octanol–water partition coefficient (Wildman–Crippen LogP) is 1.42. The largest absolute Gasteiger partial charge is 0.490 e. The van der Waals surface area contributed by atoms with Gasteiger partial charge in [0.15, 0.2) is 0 Å². The molecule has 1 aromatic carbocycles. The van der Waals surface area contributed by atoms with Gasteiger partial charge in [-0.25, -0.2) is 0 Å². The minimum absolute atomic E-state index is 0. The molecule has 2 aliphatic rings. The van der Waals surface area contributed by atoms with E-state index < -0.39 is 0 Å². The van der Waals surface area contributed by atoms with Crippen molar-refractivity contribution in [1.29, 1.82) is 0 Å². The molecule has 3 rings (SSSR count). The van der Waals surface area contributed by atoms with Crippen LogP contribution in [0, 0.1) is 5.92 Å². The third-order valence-corrected chi connectivity index (χ3v) is 4.76. The van der Waals surface area contributed by atoms with E-state index in [0.717, 1.165) is 26.2 Å². The lowest BCUT2D eigenvalue weighted by atomic mass is 10.1. The normalized spacial score (nSPS) is 20.4. The highest BCUT2D eigenvalue weighted by molar-refractivity contribution is 6.32. The number of piperazine rings is 1. The number of nitrogens with one attached hydrogen (secondary N) is 1. The summed E-state index contributed by atoms with van der Waals surface area (Å²) in [5, 5.41) is 3.78. The number of hydrogen-bond donors (Lipinski definition) is 1. The van der Waals surface area contributed by atoms with Gasteiger partial charge < -0.3 is 19.9 Å². The van der Waals surface area contributed by atoms with E-state index in [1.54, 1.807) is 17.0 Å². The average Bonchev–Trinajstić information content (AvgIpc) is 2.98. The summed E-state index contributed by atoms with van der Waals surface area (Å²) in [6, 6.07) is 7.25. The van der Waals surface area contributed by atoms with Crippen molar-refractivity contribution in [2.75, 3.05) is 45.9 Å². The van der Waals surface area contributed by atoms with Gasteiger partial charge in [-0.3, -0.25) is 9.59 Å². The van der Waals surface area contributed by atoms with Gasteiger partial charge in [0.1, 0.15) is 12.4 Å². The number of likely N-dealkylation sites (tertiary alicyclic amines) is 1. The van der Waals surface area contributed by atoms with Gasteiger partial charge in [0.2, 0.25) is 11.8 Å². The van der Waals surface area contributed by atoms with Crippen molar-refractivity contribution in [2.45, 2.75) is 6.42 Å². The molecule has 8 heteroatoms. The molecular formula is C17H23Cl2N3O3. The average molecular weight is 388 g/mol. The van der Waals surface area contributed by atoms with Crippen LogP contribution in [0.5, 0.6) is 5.75 Å². The minimum atomic E-state index is -0.226. The van der Waals surface area contributed by atoms with E-state index in [9.17, 15) is 9.59 Å². The van der Waals surface area contributed by atoms with Crippen molar-refractivity contribution >= 4 is 35.8 Å². The Bertz CT molecular complexity index is 609. The van der Waals surface area contributed by atoms with Crippen LogP contribution in [0.15, 0.2) is 24.3 Å². The number of amides is 2. The molecule has 1 unspecified atom stereocenters. The second-order valence-corrected chi connectivity index (χ2v) is 6.50. The Morgan fingerprint density at radius 1 is 1.28 bits per heavy atom. The van der Waals surface area contributed by atoms with Crippen LogP contribution in [-0.4, -0.2) is 67.5 Å². The highest BCUT2D eigenvalue weighted by Crippen LogP contribution is 2.24. The number of para-hydroxylation sites is 1. The topological polar surface area (TPSA) is 61.9 Å². The molecule has 0 spiro atoms. The Balaban J connectivity index is 0.00000225. The minimum Gasteiger partial charge on any atom is -0.490 e. The number of rotatable bonds is 5. The lowest BCUT2D eigenvalue weighted by Gasteiger charge is -2.29. The maximum absolute atomic E-state index is 12.5. The van der Waals surface area contributed by atoms with Crippen molar-refractivity contribution in [3.05, 3.63) is 29.3 Å². The summed E-state index contributed by atoms with van der Waals surface area (Å²) in [5.74, 6) is 0.501. The third kappa shape index (κ3) is 5.00. The Morgan fingerprint density at radius 2 is 2.00 bits per heavy atom. The van der Waals surface area contributed by atoms with E-state index in [2.05, 4.69) is 5.32 Å². The quantitative estimate of drug-likeness (QED) is 0.829. The fraction of sp³-hybridized carbons (Fsp3) is 0.529. The Kier molecular flexibility index (Phi) is 7.35. The maximum Gasteiger partial charge on any atom is 0.228 e. The summed E-state index contributed by atoms with van der Waals surface area (Å²) < 4.78 is 5.63. The van der Waals surface area contributed by atoms with Crippen molar-refractivity contribution < 1.29 is 14.3 Å². The van der Waals surface area contributed by atoms with Gasteiger partial charge >= 0.3 is 0 Å². The zero-order valence-electron chi connectivity index (χ0n) is 13.9. The monoisotopic (exact) mass is 387 g/mol. The molecule has 2 fully saturated rings. The molecule has 25 heavy (non-hydrogen) atoms. The summed E-state index contributed by atoms with van der Waals surface area (Å²) in [6.07, 6.45) is 0.300.